The molecule has 1 rings (SSSR count). The number of benzene rings is 1. The number of carbonyl (C=O) groups excluding carboxylic acids is 1. The number of hydrogen-bond donors (Lipinski definition) is 0. The first-order valence-electron chi connectivity index (χ1n) is 3.88. The molecule has 0 aliphatic heterocycles. The fourth-order valence-electron chi connectivity index (χ4n) is 0.940. The summed E-state index contributed by atoms with van der Waals surface area (Å²) in [5.41, 5.74) is 0.675. The average molecular weight is 528 g/mol. The van der Waals surface area contributed by atoms with E-state index in [0.29, 0.717) is 12.2 Å². The van der Waals surface area contributed by atoms with Crippen LogP contribution in [0.3, 0.4) is 0 Å². The van der Waals surface area contributed by atoms with E-state index in [4.69, 9.17) is 4.74 Å². The van der Waals surface area contributed by atoms with Gasteiger partial charge in [0.1, 0.15) is 0 Å². The molecular weight excluding hydrogens is 521 g/mol. The van der Waals surface area contributed by atoms with Crippen LogP contribution in [0.1, 0.15) is 17.3 Å². The minimum absolute atomic E-state index is 0.238. The summed E-state index contributed by atoms with van der Waals surface area (Å²) in [4.78, 5) is 11.6. The van der Waals surface area contributed by atoms with Crippen molar-refractivity contribution in [3.05, 3.63) is 28.4 Å². The number of ether oxygens (including phenoxy) is 1. The lowest BCUT2D eigenvalue weighted by Gasteiger charge is -2.07. The van der Waals surface area contributed by atoms with Crippen LogP contribution in [0.5, 0.6) is 0 Å². The molecule has 5 heteroatoms. The zero-order chi connectivity index (χ0) is 10.7. The van der Waals surface area contributed by atoms with Crippen molar-refractivity contribution >= 4 is 73.7 Å². The largest absolute Gasteiger partial charge is 0.462 e. The van der Waals surface area contributed by atoms with E-state index in [1.807, 2.05) is 19.1 Å². The van der Waals surface area contributed by atoms with Gasteiger partial charge in [0.05, 0.1) is 12.2 Å². The van der Waals surface area contributed by atoms with E-state index in [9.17, 15) is 4.79 Å². The molecule has 0 aliphatic carbocycles. The molecule has 1 aromatic carbocycles. The monoisotopic (exact) mass is 528 g/mol. The molecule has 14 heavy (non-hydrogen) atoms. The Morgan fingerprint density at radius 1 is 1.29 bits per heavy atom. The molecule has 0 spiro atoms. The molecule has 0 aromatic heterocycles. The molecular formula is C9H7I3O2. The van der Waals surface area contributed by atoms with E-state index < -0.39 is 0 Å². The molecule has 0 saturated carbocycles. The van der Waals surface area contributed by atoms with E-state index >= 15 is 0 Å². The summed E-state index contributed by atoms with van der Waals surface area (Å²) < 4.78 is 7.99. The highest BCUT2D eigenvalue weighted by Crippen LogP contribution is 2.23. The maximum Gasteiger partial charge on any atom is 0.340 e. The maximum atomic E-state index is 11.6. The molecule has 2 nitrogen and oxygen atoms in total. The molecule has 0 saturated heterocycles. The van der Waals surface area contributed by atoms with Gasteiger partial charge in [-0.05, 0) is 86.8 Å². The van der Waals surface area contributed by atoms with Crippen LogP contribution >= 0.6 is 67.8 Å². The summed E-state index contributed by atoms with van der Waals surface area (Å²) in [7, 11) is 0. The molecule has 0 aliphatic rings. The first-order valence-corrected chi connectivity index (χ1v) is 7.11. The topological polar surface area (TPSA) is 26.3 Å². The van der Waals surface area contributed by atoms with Gasteiger partial charge >= 0.3 is 5.97 Å². The molecule has 0 N–H and O–H groups in total. The fourth-order valence-corrected chi connectivity index (χ4v) is 4.96. The lowest BCUT2D eigenvalue weighted by atomic mass is 10.2. The van der Waals surface area contributed by atoms with E-state index in [-0.39, 0.29) is 5.97 Å². The van der Waals surface area contributed by atoms with Gasteiger partial charge in [0.25, 0.3) is 0 Å². The van der Waals surface area contributed by atoms with Crippen LogP contribution in [0, 0.1) is 10.7 Å². The third-order valence-corrected chi connectivity index (χ3v) is 3.81. The van der Waals surface area contributed by atoms with Crippen molar-refractivity contribution in [1.29, 1.82) is 0 Å². The summed E-state index contributed by atoms with van der Waals surface area (Å²) in [5, 5.41) is 0. The Morgan fingerprint density at radius 2 is 1.79 bits per heavy atom. The molecule has 0 fully saturated rings. The van der Waals surface area contributed by atoms with Crippen molar-refractivity contribution < 1.29 is 9.53 Å². The summed E-state index contributed by atoms with van der Waals surface area (Å²) in [6.45, 7) is 2.22. The van der Waals surface area contributed by atoms with Crippen LogP contribution in [-0.4, -0.2) is 12.6 Å². The number of carbonyl (C=O) groups is 1. The Kier molecular flexibility index (Phi) is 5.39. The van der Waals surface area contributed by atoms with Gasteiger partial charge in [0, 0.05) is 10.7 Å². The zero-order valence-electron chi connectivity index (χ0n) is 7.31. The highest BCUT2D eigenvalue weighted by molar-refractivity contribution is 14.1. The highest BCUT2D eigenvalue weighted by Gasteiger charge is 2.15. The predicted octanol–water partition coefficient (Wildman–Crippen LogP) is 3.68. The van der Waals surface area contributed by atoms with Gasteiger partial charge < -0.3 is 4.74 Å². The third kappa shape index (κ3) is 3.19. The molecule has 0 bridgehead atoms. The van der Waals surface area contributed by atoms with E-state index in [1.165, 1.54) is 0 Å². The second kappa shape index (κ2) is 5.83. The van der Waals surface area contributed by atoms with Crippen LogP contribution in [0.2, 0.25) is 0 Å². The maximum absolute atomic E-state index is 11.6. The lowest BCUT2D eigenvalue weighted by Crippen LogP contribution is -2.09. The highest BCUT2D eigenvalue weighted by atomic mass is 127. The van der Waals surface area contributed by atoms with Crippen molar-refractivity contribution in [1.82, 2.24) is 0 Å². The Bertz CT molecular complexity index is 340. The first-order chi connectivity index (χ1) is 6.56. The van der Waals surface area contributed by atoms with Crippen LogP contribution in [0.4, 0.5) is 0 Å². The molecule has 0 unspecified atom stereocenters. The van der Waals surface area contributed by atoms with Crippen LogP contribution in [0.25, 0.3) is 0 Å². The van der Waals surface area contributed by atoms with Gasteiger partial charge in [-0.15, -0.1) is 0 Å². The van der Waals surface area contributed by atoms with Gasteiger partial charge in [-0.3, -0.25) is 0 Å². The van der Waals surface area contributed by atoms with Crippen LogP contribution in [0.15, 0.2) is 12.1 Å². The van der Waals surface area contributed by atoms with Crippen molar-refractivity contribution in [2.75, 3.05) is 6.61 Å². The molecule has 0 heterocycles. The second-order valence-electron chi connectivity index (χ2n) is 2.46. The second-order valence-corrected chi connectivity index (χ2v) is 6.03. The van der Waals surface area contributed by atoms with E-state index in [1.54, 1.807) is 0 Å². The Balaban J connectivity index is 3.14. The predicted molar refractivity (Wildman–Crippen MR) is 80.5 cm³/mol. The van der Waals surface area contributed by atoms with Gasteiger partial charge in [0.15, 0.2) is 0 Å². The number of rotatable bonds is 2. The van der Waals surface area contributed by atoms with E-state index in [2.05, 4.69) is 67.8 Å². The van der Waals surface area contributed by atoms with Crippen LogP contribution < -0.4 is 0 Å². The summed E-state index contributed by atoms with van der Waals surface area (Å²) in [6.07, 6.45) is 0. The van der Waals surface area contributed by atoms with Gasteiger partial charge in [-0.2, -0.15) is 0 Å². The molecule has 1 aromatic rings. The van der Waals surface area contributed by atoms with Crippen molar-refractivity contribution in [2.24, 2.45) is 0 Å². The fraction of sp³-hybridized carbons (Fsp3) is 0.222. The molecule has 76 valence electrons. The quantitative estimate of drug-likeness (QED) is 0.433. The summed E-state index contributed by atoms with van der Waals surface area (Å²) >= 11 is 6.54. The summed E-state index contributed by atoms with van der Waals surface area (Å²) in [6, 6.07) is 3.94. The van der Waals surface area contributed by atoms with Crippen LogP contribution in [-0.2, 0) is 4.74 Å². The number of halogens is 3. The molecule has 0 radical (unpaired) electrons. The Labute approximate surface area is 124 Å². The normalized spacial score (nSPS) is 10.0. The van der Waals surface area contributed by atoms with E-state index in [0.717, 1.165) is 10.7 Å². The minimum Gasteiger partial charge on any atom is -0.462 e. The van der Waals surface area contributed by atoms with Crippen molar-refractivity contribution in [2.45, 2.75) is 6.92 Å². The SMILES string of the molecule is CCOC(=O)c1c(I)cc(I)cc1I. The first kappa shape index (κ1) is 12.9. The lowest BCUT2D eigenvalue weighted by molar-refractivity contribution is 0.0524. The number of esters is 1. The Morgan fingerprint density at radius 3 is 2.21 bits per heavy atom. The third-order valence-electron chi connectivity index (χ3n) is 1.49. The van der Waals surface area contributed by atoms with Crippen molar-refractivity contribution in [3.63, 3.8) is 0 Å². The molecule has 0 atom stereocenters. The van der Waals surface area contributed by atoms with Gasteiger partial charge in [-0.1, -0.05) is 0 Å². The zero-order valence-corrected chi connectivity index (χ0v) is 13.8. The smallest absolute Gasteiger partial charge is 0.340 e. The number of hydrogen-bond acceptors (Lipinski definition) is 2. The van der Waals surface area contributed by atoms with Crippen molar-refractivity contribution in [3.8, 4) is 0 Å². The Hall–Kier alpha value is 0.880. The van der Waals surface area contributed by atoms with Gasteiger partial charge in [0.2, 0.25) is 0 Å². The summed E-state index contributed by atoms with van der Waals surface area (Å²) in [5.74, 6) is -0.238. The minimum atomic E-state index is -0.238. The van der Waals surface area contributed by atoms with Gasteiger partial charge in [-0.25, -0.2) is 4.79 Å². The molecule has 0 amide bonds. The average Bonchev–Trinajstić information content (AvgIpc) is 2.01. The standard InChI is InChI=1S/C9H7I3O2/c1-2-14-9(13)8-6(11)3-5(10)4-7(8)12/h3-4H,2H2,1H3.